The van der Waals surface area contributed by atoms with Gasteiger partial charge in [0.2, 0.25) is 0 Å². The molecule has 1 aliphatic rings. The highest BCUT2D eigenvalue weighted by Gasteiger charge is 2.34. The van der Waals surface area contributed by atoms with Crippen LogP contribution >= 0.6 is 23.5 Å². The SMILES string of the molecule is Nc1nc(=O)n([C@@H]2CC[C@H](COP(=O)(O)OP(=O)([O-])OP(=O)([O-])[O-])O2)cc1F. The Kier molecular flexibility index (Phi) is 6.96. The van der Waals surface area contributed by atoms with Crippen molar-refractivity contribution in [3.63, 3.8) is 0 Å². The summed E-state index contributed by atoms with van der Waals surface area (Å²) in [5.74, 6) is -1.58. The van der Waals surface area contributed by atoms with Crippen LogP contribution in [0, 0.1) is 5.82 Å². The zero-order valence-corrected chi connectivity index (χ0v) is 16.2. The molecule has 15 nitrogen and oxygen atoms in total. The first-order valence-corrected chi connectivity index (χ1v) is 11.5. The third-order valence-corrected chi connectivity index (χ3v) is 6.86. The van der Waals surface area contributed by atoms with Crippen molar-refractivity contribution in [2.24, 2.45) is 0 Å². The highest BCUT2D eigenvalue weighted by atomic mass is 31.3. The number of ether oxygens (including phenoxy) is 1. The van der Waals surface area contributed by atoms with Gasteiger partial charge in [-0.1, -0.05) is 0 Å². The molecule has 0 saturated carbocycles. The van der Waals surface area contributed by atoms with Gasteiger partial charge in [-0.05, 0) is 12.8 Å². The van der Waals surface area contributed by atoms with E-state index in [4.69, 9.17) is 10.5 Å². The summed E-state index contributed by atoms with van der Waals surface area (Å²) in [4.78, 5) is 55.8. The van der Waals surface area contributed by atoms with Crippen LogP contribution in [0.5, 0.6) is 0 Å². The van der Waals surface area contributed by atoms with Crippen LogP contribution < -0.4 is 26.1 Å². The molecule has 19 heteroatoms. The number of hydrogen-bond acceptors (Lipinski definition) is 13. The summed E-state index contributed by atoms with van der Waals surface area (Å²) in [5.41, 5.74) is 4.24. The number of anilines is 1. The Labute approximate surface area is 155 Å². The van der Waals surface area contributed by atoms with Gasteiger partial charge in [0, 0.05) is 0 Å². The molecule has 0 bridgehead atoms. The molecule has 1 aromatic heterocycles. The fraction of sp³-hybridized carbons (Fsp3) is 0.556. The topological polar surface area (TPSA) is 238 Å². The van der Waals surface area contributed by atoms with Crippen LogP contribution in [0.25, 0.3) is 0 Å². The monoisotopic (exact) mass is 466 g/mol. The maximum absolute atomic E-state index is 13.4. The zero-order valence-electron chi connectivity index (χ0n) is 13.5. The minimum atomic E-state index is -6.06. The third kappa shape index (κ3) is 6.79. The van der Waals surface area contributed by atoms with Crippen molar-refractivity contribution in [1.82, 2.24) is 9.55 Å². The minimum absolute atomic E-state index is 0.130. The van der Waals surface area contributed by atoms with E-state index in [9.17, 15) is 42.5 Å². The smallest absolute Gasteiger partial charge is 0.478 e. The van der Waals surface area contributed by atoms with Crippen molar-refractivity contribution in [2.75, 3.05) is 12.3 Å². The standard InChI is InChI=1S/C9H15FN3O12P3/c10-6-3-13(9(14)12-8(6)11)7-2-1-5(23-7)4-22-27(18,19)25-28(20,21)24-26(15,16)17/h3,5,7H,1-2,4H2,(H,18,19)(H,20,21)(H2,11,12,14)(H2,15,16,17)/p-3/t5-,7+/m1/s1. The van der Waals surface area contributed by atoms with Crippen molar-refractivity contribution >= 4 is 29.3 Å². The molecule has 1 aromatic rings. The Morgan fingerprint density at radius 3 is 2.57 bits per heavy atom. The van der Waals surface area contributed by atoms with Gasteiger partial charge >= 0.3 is 13.5 Å². The lowest BCUT2D eigenvalue weighted by molar-refractivity contribution is -0.339. The second-order valence-electron chi connectivity index (χ2n) is 5.28. The Balaban J connectivity index is 1.95. The van der Waals surface area contributed by atoms with Gasteiger partial charge in [0.15, 0.2) is 11.6 Å². The van der Waals surface area contributed by atoms with Crippen LogP contribution in [0.1, 0.15) is 19.1 Å². The predicted octanol–water partition coefficient (Wildman–Crippen LogP) is -1.91. The highest BCUT2D eigenvalue weighted by molar-refractivity contribution is 7.65. The summed E-state index contributed by atoms with van der Waals surface area (Å²) in [7, 11) is -17.5. The van der Waals surface area contributed by atoms with E-state index >= 15 is 0 Å². The van der Waals surface area contributed by atoms with E-state index in [0.717, 1.165) is 10.8 Å². The van der Waals surface area contributed by atoms with E-state index in [1.165, 1.54) is 0 Å². The van der Waals surface area contributed by atoms with Gasteiger partial charge < -0.3 is 34.6 Å². The molecular formula is C9H12FN3O12P3-3. The molecule has 28 heavy (non-hydrogen) atoms. The second kappa shape index (κ2) is 8.38. The van der Waals surface area contributed by atoms with E-state index in [2.05, 4.69) is 18.1 Å². The van der Waals surface area contributed by atoms with Gasteiger partial charge in [0.25, 0.3) is 7.82 Å². The summed E-state index contributed by atoms with van der Waals surface area (Å²) < 4.78 is 63.3. The molecule has 3 N–H and O–H groups in total. The second-order valence-corrected chi connectivity index (χ2v) is 9.57. The number of phosphoric acid groups is 3. The normalized spacial score (nSPS) is 24.6. The number of rotatable bonds is 8. The quantitative estimate of drug-likeness (QED) is 0.398. The molecule has 1 fully saturated rings. The van der Waals surface area contributed by atoms with Gasteiger partial charge in [-0.25, -0.2) is 18.1 Å². The van der Waals surface area contributed by atoms with E-state index in [0.29, 0.717) is 0 Å². The molecule has 2 heterocycles. The van der Waals surface area contributed by atoms with Crippen LogP contribution in [0.3, 0.4) is 0 Å². The van der Waals surface area contributed by atoms with E-state index in [1.54, 1.807) is 0 Å². The van der Waals surface area contributed by atoms with Crippen LogP contribution in [-0.4, -0.2) is 27.2 Å². The first-order valence-electron chi connectivity index (χ1n) is 7.10. The Morgan fingerprint density at radius 1 is 1.32 bits per heavy atom. The zero-order chi connectivity index (χ0) is 21.3. The van der Waals surface area contributed by atoms with Crippen LogP contribution in [0.15, 0.2) is 11.0 Å². The van der Waals surface area contributed by atoms with Gasteiger partial charge in [0.05, 0.1) is 26.7 Å². The van der Waals surface area contributed by atoms with Crippen molar-refractivity contribution in [2.45, 2.75) is 25.2 Å². The number of nitrogens with zero attached hydrogens (tertiary/aromatic N) is 2. The van der Waals surface area contributed by atoms with Crippen LogP contribution in [0.4, 0.5) is 10.2 Å². The molecule has 0 aliphatic carbocycles. The Morgan fingerprint density at radius 2 is 1.96 bits per heavy atom. The van der Waals surface area contributed by atoms with E-state index in [-0.39, 0.29) is 12.8 Å². The third-order valence-electron chi connectivity index (χ3n) is 3.16. The highest BCUT2D eigenvalue weighted by Crippen LogP contribution is 2.62. The first-order chi connectivity index (χ1) is 12.7. The number of phosphoric ester groups is 1. The van der Waals surface area contributed by atoms with E-state index in [1.807, 2.05) is 0 Å². The average Bonchev–Trinajstić information content (AvgIpc) is 2.94. The maximum Gasteiger partial charge on any atom is 0.478 e. The summed E-state index contributed by atoms with van der Waals surface area (Å²) in [6.07, 6.45) is -0.949. The molecule has 160 valence electrons. The van der Waals surface area contributed by atoms with Crippen molar-refractivity contribution < 1.29 is 55.5 Å². The lowest BCUT2D eigenvalue weighted by Gasteiger charge is -2.35. The lowest BCUT2D eigenvalue weighted by Crippen LogP contribution is -2.29. The Hall–Kier alpha value is -1.02. The molecule has 0 amide bonds. The molecule has 1 saturated heterocycles. The number of aromatic nitrogens is 2. The van der Waals surface area contributed by atoms with Crippen molar-refractivity contribution in [3.05, 3.63) is 22.5 Å². The van der Waals surface area contributed by atoms with E-state index < -0.39 is 59.7 Å². The number of halogens is 1. The summed E-state index contributed by atoms with van der Waals surface area (Å²) in [6.45, 7) is -0.740. The molecule has 0 radical (unpaired) electrons. The summed E-state index contributed by atoms with van der Waals surface area (Å²) >= 11 is 0. The molecule has 2 rings (SSSR count). The average molecular weight is 466 g/mol. The molecular weight excluding hydrogens is 454 g/mol. The molecule has 0 spiro atoms. The molecule has 4 atom stereocenters. The van der Waals surface area contributed by atoms with Crippen molar-refractivity contribution in [3.8, 4) is 0 Å². The fourth-order valence-corrected chi connectivity index (χ4v) is 5.06. The molecule has 0 aromatic carbocycles. The summed E-state index contributed by atoms with van der Waals surface area (Å²) in [6, 6.07) is 0. The minimum Gasteiger partial charge on any atom is -0.790 e. The largest absolute Gasteiger partial charge is 0.790 e. The maximum atomic E-state index is 13.4. The van der Waals surface area contributed by atoms with Gasteiger partial charge in [-0.3, -0.25) is 18.0 Å². The van der Waals surface area contributed by atoms with Crippen LogP contribution in [0.2, 0.25) is 0 Å². The van der Waals surface area contributed by atoms with Gasteiger partial charge in [0.1, 0.15) is 6.23 Å². The van der Waals surface area contributed by atoms with Gasteiger partial charge in [-0.15, -0.1) is 0 Å². The number of nitrogens with two attached hydrogens (primary N) is 1. The summed E-state index contributed by atoms with van der Waals surface area (Å²) in [5, 5.41) is 0. The predicted molar refractivity (Wildman–Crippen MR) is 79.2 cm³/mol. The lowest BCUT2D eigenvalue weighted by atomic mass is 10.2. The van der Waals surface area contributed by atoms with Crippen LogP contribution in [-0.2, 0) is 31.6 Å². The number of hydrogen-bond donors (Lipinski definition) is 2. The van der Waals surface area contributed by atoms with Gasteiger partial charge in [-0.2, -0.15) is 4.98 Å². The fourth-order valence-electron chi connectivity index (χ4n) is 2.14. The number of nitrogen functional groups attached to an aromatic ring is 1. The van der Waals surface area contributed by atoms with Crippen molar-refractivity contribution in [1.29, 1.82) is 0 Å². The first kappa shape index (κ1) is 23.3. The molecule has 2 unspecified atom stereocenters. The molecule has 1 aliphatic heterocycles. The Bertz CT molecular complexity index is 933.